The van der Waals surface area contributed by atoms with Gasteiger partial charge >= 0.3 is 0 Å². The molecule has 0 aromatic heterocycles. The van der Waals surface area contributed by atoms with Crippen molar-refractivity contribution < 1.29 is 13.6 Å². The summed E-state index contributed by atoms with van der Waals surface area (Å²) < 4.78 is 27.6. The first kappa shape index (κ1) is 21.9. The Morgan fingerprint density at radius 1 is 1.24 bits per heavy atom. The average molecular weight is 396 g/mol. The monoisotopic (exact) mass is 395 g/mol. The van der Waals surface area contributed by atoms with Gasteiger partial charge in [-0.15, -0.1) is 24.8 Å². The molecule has 2 saturated heterocycles. The van der Waals surface area contributed by atoms with E-state index in [4.69, 9.17) is 0 Å². The van der Waals surface area contributed by atoms with Crippen molar-refractivity contribution in [1.29, 1.82) is 0 Å². The van der Waals surface area contributed by atoms with Crippen LogP contribution in [0, 0.1) is 17.6 Å². The van der Waals surface area contributed by atoms with Crippen molar-refractivity contribution in [3.8, 4) is 0 Å². The minimum absolute atomic E-state index is 0. The van der Waals surface area contributed by atoms with E-state index in [0.29, 0.717) is 31.8 Å². The molecular weight excluding hydrogens is 371 g/mol. The third-order valence-electron chi connectivity index (χ3n) is 4.75. The predicted octanol–water partition coefficient (Wildman–Crippen LogP) is 2.89. The third-order valence-corrected chi connectivity index (χ3v) is 4.75. The molecule has 0 radical (unpaired) electrons. The molecule has 1 aromatic rings. The summed E-state index contributed by atoms with van der Waals surface area (Å²) in [5.41, 5.74) is 0.0151. The number of carbonyl (C=O) groups excluding carboxylic acids is 1. The van der Waals surface area contributed by atoms with E-state index in [1.807, 2.05) is 0 Å². The van der Waals surface area contributed by atoms with E-state index in [-0.39, 0.29) is 42.5 Å². The summed E-state index contributed by atoms with van der Waals surface area (Å²) in [6.07, 6.45) is 3.27. The van der Waals surface area contributed by atoms with E-state index in [1.54, 1.807) is 4.90 Å². The standard InChI is InChI=1S/C17H23F2N3O.2ClH/c18-14-2-1-3-15(19)17(14)22-9-7-13(11-22)21-16(23)5-4-12-6-8-20-10-12;;/h1-3,12-13,20H,4-11H2,(H,21,23);2*1H. The largest absolute Gasteiger partial charge is 0.365 e. The molecule has 142 valence electrons. The number of anilines is 1. The maximum Gasteiger partial charge on any atom is 0.220 e. The Balaban J connectivity index is 0.00000156. The Morgan fingerprint density at radius 3 is 2.60 bits per heavy atom. The summed E-state index contributed by atoms with van der Waals surface area (Å²) in [6.45, 7) is 3.04. The lowest BCUT2D eigenvalue weighted by Crippen LogP contribution is -2.37. The summed E-state index contributed by atoms with van der Waals surface area (Å²) in [7, 11) is 0. The van der Waals surface area contributed by atoms with Gasteiger partial charge in [0.1, 0.15) is 17.3 Å². The first-order chi connectivity index (χ1) is 11.1. The van der Waals surface area contributed by atoms with E-state index in [1.165, 1.54) is 18.2 Å². The number of halogens is 4. The Bertz CT molecular complexity index is 551. The maximum atomic E-state index is 13.8. The van der Waals surface area contributed by atoms with Crippen molar-refractivity contribution in [2.24, 2.45) is 5.92 Å². The second-order valence-electron chi connectivity index (χ2n) is 6.47. The van der Waals surface area contributed by atoms with Crippen LogP contribution in [0.15, 0.2) is 18.2 Å². The van der Waals surface area contributed by atoms with Crippen molar-refractivity contribution in [1.82, 2.24) is 10.6 Å². The van der Waals surface area contributed by atoms with Crippen molar-refractivity contribution in [2.45, 2.75) is 31.7 Å². The summed E-state index contributed by atoms with van der Waals surface area (Å²) in [5, 5.41) is 6.29. The summed E-state index contributed by atoms with van der Waals surface area (Å²) >= 11 is 0. The molecule has 2 unspecified atom stereocenters. The molecule has 1 amide bonds. The Morgan fingerprint density at radius 2 is 1.96 bits per heavy atom. The Kier molecular flexibility index (Phi) is 8.89. The molecule has 8 heteroatoms. The normalized spacial score (nSPS) is 22.2. The maximum absolute atomic E-state index is 13.8. The van der Waals surface area contributed by atoms with Gasteiger partial charge in [0, 0.05) is 25.6 Å². The van der Waals surface area contributed by atoms with Crippen LogP contribution in [0.25, 0.3) is 0 Å². The van der Waals surface area contributed by atoms with Gasteiger partial charge in [-0.2, -0.15) is 0 Å². The average Bonchev–Trinajstić information content (AvgIpc) is 3.17. The molecule has 2 aliphatic rings. The first-order valence-electron chi connectivity index (χ1n) is 8.32. The van der Waals surface area contributed by atoms with E-state index in [9.17, 15) is 13.6 Å². The van der Waals surface area contributed by atoms with Crippen LogP contribution < -0.4 is 15.5 Å². The number of amides is 1. The molecule has 0 saturated carbocycles. The minimum atomic E-state index is -0.550. The van der Waals surface area contributed by atoms with Crippen molar-refractivity contribution >= 4 is 36.4 Å². The molecule has 0 spiro atoms. The number of para-hydroxylation sites is 1. The van der Waals surface area contributed by atoms with E-state index in [2.05, 4.69) is 10.6 Å². The quantitative estimate of drug-likeness (QED) is 0.805. The van der Waals surface area contributed by atoms with Crippen molar-refractivity contribution in [3.05, 3.63) is 29.8 Å². The van der Waals surface area contributed by atoms with E-state index < -0.39 is 11.6 Å². The van der Waals surface area contributed by atoms with Crippen LogP contribution in [-0.4, -0.2) is 38.1 Å². The molecular formula is C17H25Cl2F2N3O. The summed E-state index contributed by atoms with van der Waals surface area (Å²) in [6, 6.07) is 3.85. The van der Waals surface area contributed by atoms with Gasteiger partial charge in [0.2, 0.25) is 5.91 Å². The number of nitrogens with zero attached hydrogens (tertiary/aromatic N) is 1. The Hall–Kier alpha value is -1.11. The summed E-state index contributed by atoms with van der Waals surface area (Å²) in [4.78, 5) is 13.7. The first-order valence-corrected chi connectivity index (χ1v) is 8.32. The van der Waals surface area contributed by atoms with Gasteiger partial charge in [-0.25, -0.2) is 8.78 Å². The van der Waals surface area contributed by atoms with Crippen LogP contribution in [0.5, 0.6) is 0 Å². The van der Waals surface area contributed by atoms with Gasteiger partial charge in [-0.05, 0) is 50.4 Å². The zero-order valence-electron chi connectivity index (χ0n) is 14.0. The molecule has 2 heterocycles. The number of hydrogen-bond acceptors (Lipinski definition) is 3. The van der Waals surface area contributed by atoms with Gasteiger partial charge in [-0.3, -0.25) is 4.79 Å². The molecule has 0 bridgehead atoms. The number of hydrogen-bond donors (Lipinski definition) is 2. The number of nitrogens with one attached hydrogen (secondary N) is 2. The van der Waals surface area contributed by atoms with Crippen LogP contribution in [0.4, 0.5) is 14.5 Å². The third kappa shape index (κ3) is 5.69. The summed E-state index contributed by atoms with van der Waals surface area (Å²) in [5.74, 6) is -0.470. The molecule has 3 rings (SSSR count). The fourth-order valence-electron chi connectivity index (χ4n) is 3.47. The lowest BCUT2D eigenvalue weighted by atomic mass is 10.0. The SMILES string of the molecule is Cl.Cl.O=C(CCC1CCNC1)NC1CCN(c2c(F)cccc2F)C1. The van der Waals surface area contributed by atoms with E-state index in [0.717, 1.165) is 25.9 Å². The smallest absolute Gasteiger partial charge is 0.220 e. The predicted molar refractivity (Wildman–Crippen MR) is 99.8 cm³/mol. The highest BCUT2D eigenvalue weighted by molar-refractivity contribution is 5.85. The van der Waals surface area contributed by atoms with Gasteiger partial charge in [0.05, 0.1) is 0 Å². The molecule has 1 aromatic carbocycles. The number of carbonyl (C=O) groups is 1. The lowest BCUT2D eigenvalue weighted by molar-refractivity contribution is -0.121. The second kappa shape index (κ2) is 10.1. The second-order valence-corrected chi connectivity index (χ2v) is 6.47. The highest BCUT2D eigenvalue weighted by Gasteiger charge is 2.27. The highest BCUT2D eigenvalue weighted by Crippen LogP contribution is 2.26. The molecule has 2 atom stereocenters. The topological polar surface area (TPSA) is 44.4 Å². The fourth-order valence-corrected chi connectivity index (χ4v) is 3.47. The van der Waals surface area contributed by atoms with Crippen molar-refractivity contribution in [3.63, 3.8) is 0 Å². The van der Waals surface area contributed by atoms with Gasteiger partial charge in [0.15, 0.2) is 0 Å². The van der Waals surface area contributed by atoms with Crippen LogP contribution in [-0.2, 0) is 4.79 Å². The number of rotatable bonds is 5. The molecule has 2 aliphatic heterocycles. The molecule has 4 nitrogen and oxygen atoms in total. The van der Waals surface area contributed by atoms with Crippen molar-refractivity contribution in [2.75, 3.05) is 31.1 Å². The number of benzene rings is 1. The van der Waals surface area contributed by atoms with Crippen LogP contribution >= 0.6 is 24.8 Å². The zero-order chi connectivity index (χ0) is 16.2. The van der Waals surface area contributed by atoms with Crippen LogP contribution in [0.1, 0.15) is 25.7 Å². The van der Waals surface area contributed by atoms with Gasteiger partial charge in [0.25, 0.3) is 0 Å². The lowest BCUT2D eigenvalue weighted by Gasteiger charge is -2.20. The van der Waals surface area contributed by atoms with E-state index >= 15 is 0 Å². The fraction of sp³-hybridized carbons (Fsp3) is 0.588. The molecule has 2 N–H and O–H groups in total. The zero-order valence-corrected chi connectivity index (χ0v) is 15.6. The highest BCUT2D eigenvalue weighted by atomic mass is 35.5. The molecule has 2 fully saturated rings. The molecule has 0 aliphatic carbocycles. The molecule has 25 heavy (non-hydrogen) atoms. The minimum Gasteiger partial charge on any atom is -0.365 e. The van der Waals surface area contributed by atoms with Gasteiger partial charge in [-0.1, -0.05) is 6.07 Å². The van der Waals surface area contributed by atoms with Gasteiger partial charge < -0.3 is 15.5 Å². The van der Waals surface area contributed by atoms with Crippen LogP contribution in [0.2, 0.25) is 0 Å². The van der Waals surface area contributed by atoms with Crippen LogP contribution in [0.3, 0.4) is 0 Å². The Labute approximate surface area is 159 Å².